The van der Waals surface area contributed by atoms with E-state index >= 15 is 0 Å². The van der Waals surface area contributed by atoms with E-state index in [4.69, 9.17) is 4.74 Å². The second-order valence-electron chi connectivity index (χ2n) is 8.96. The minimum absolute atomic E-state index is 0.00755. The maximum Gasteiger partial charge on any atom is 0.319 e. The van der Waals surface area contributed by atoms with E-state index in [1.165, 1.54) is 5.56 Å². The molecule has 0 aliphatic carbocycles. The summed E-state index contributed by atoms with van der Waals surface area (Å²) in [5.41, 5.74) is 3.24. The predicted octanol–water partition coefficient (Wildman–Crippen LogP) is 4.75. The SMILES string of the molecule is COc1ccc(N(Cc2ccc(C(C)C)cc2)C(=O)C2CCN(C(=O)N(C)C)CC2)cc1. The first-order chi connectivity index (χ1) is 15.3. The van der Waals surface area contributed by atoms with Crippen molar-refractivity contribution in [2.45, 2.75) is 39.2 Å². The maximum atomic E-state index is 13.6. The lowest BCUT2D eigenvalue weighted by Crippen LogP contribution is -2.47. The highest BCUT2D eigenvalue weighted by Crippen LogP contribution is 2.27. The van der Waals surface area contributed by atoms with Crippen LogP contribution in [0.5, 0.6) is 5.75 Å². The molecule has 172 valence electrons. The van der Waals surface area contributed by atoms with Crippen LogP contribution >= 0.6 is 0 Å². The molecule has 2 aromatic rings. The Kier molecular flexibility index (Phi) is 7.78. The van der Waals surface area contributed by atoms with Crippen LogP contribution in [0.3, 0.4) is 0 Å². The lowest BCUT2D eigenvalue weighted by atomic mass is 9.94. The molecule has 0 N–H and O–H groups in total. The number of rotatable bonds is 6. The van der Waals surface area contributed by atoms with Crippen LogP contribution in [0.25, 0.3) is 0 Å². The lowest BCUT2D eigenvalue weighted by Gasteiger charge is -2.35. The zero-order chi connectivity index (χ0) is 23.3. The second-order valence-corrected chi connectivity index (χ2v) is 8.96. The molecule has 1 aliphatic rings. The highest BCUT2D eigenvalue weighted by atomic mass is 16.5. The van der Waals surface area contributed by atoms with E-state index in [0.717, 1.165) is 17.0 Å². The molecule has 1 saturated heterocycles. The van der Waals surface area contributed by atoms with E-state index in [2.05, 4.69) is 38.1 Å². The van der Waals surface area contributed by atoms with Gasteiger partial charge in [0.2, 0.25) is 5.91 Å². The number of carbonyl (C=O) groups is 2. The fourth-order valence-electron chi connectivity index (χ4n) is 4.07. The Morgan fingerprint density at radius 1 is 1.00 bits per heavy atom. The van der Waals surface area contributed by atoms with Crippen LogP contribution in [0.4, 0.5) is 10.5 Å². The molecule has 1 aliphatic heterocycles. The third kappa shape index (κ3) is 5.61. The quantitative estimate of drug-likeness (QED) is 0.656. The summed E-state index contributed by atoms with van der Waals surface area (Å²) in [6.45, 7) is 6.07. The van der Waals surface area contributed by atoms with Crippen LogP contribution in [-0.2, 0) is 11.3 Å². The van der Waals surface area contributed by atoms with Gasteiger partial charge in [0.15, 0.2) is 0 Å². The predicted molar refractivity (Wildman–Crippen MR) is 128 cm³/mol. The van der Waals surface area contributed by atoms with Crippen molar-refractivity contribution in [1.29, 1.82) is 0 Å². The number of piperidine rings is 1. The van der Waals surface area contributed by atoms with Crippen molar-refractivity contribution in [3.63, 3.8) is 0 Å². The van der Waals surface area contributed by atoms with E-state index < -0.39 is 0 Å². The summed E-state index contributed by atoms with van der Waals surface area (Å²) in [6.07, 6.45) is 1.36. The molecule has 0 bridgehead atoms. The van der Waals surface area contributed by atoms with Gasteiger partial charge in [-0.25, -0.2) is 4.79 Å². The van der Waals surface area contributed by atoms with Gasteiger partial charge in [0, 0.05) is 38.8 Å². The summed E-state index contributed by atoms with van der Waals surface area (Å²) >= 11 is 0. The average molecular weight is 438 g/mol. The number of benzene rings is 2. The standard InChI is InChI=1S/C26H35N3O3/c1-19(2)21-8-6-20(7-9-21)18-29(23-10-12-24(32-5)13-11-23)25(30)22-14-16-28(17-15-22)26(31)27(3)4/h6-13,19,22H,14-18H2,1-5H3. The van der Waals surface area contributed by atoms with Crippen molar-refractivity contribution in [3.8, 4) is 5.75 Å². The maximum absolute atomic E-state index is 13.6. The number of likely N-dealkylation sites (tertiary alicyclic amines) is 1. The average Bonchev–Trinajstić information content (AvgIpc) is 2.82. The van der Waals surface area contributed by atoms with Gasteiger partial charge < -0.3 is 19.4 Å². The molecule has 3 amide bonds. The summed E-state index contributed by atoms with van der Waals surface area (Å²) < 4.78 is 5.29. The van der Waals surface area contributed by atoms with Crippen LogP contribution in [0, 0.1) is 5.92 Å². The van der Waals surface area contributed by atoms with Crippen LogP contribution in [0.15, 0.2) is 48.5 Å². The van der Waals surface area contributed by atoms with E-state index in [0.29, 0.717) is 38.4 Å². The van der Waals surface area contributed by atoms with Crippen LogP contribution in [-0.4, -0.2) is 56.0 Å². The fraction of sp³-hybridized carbons (Fsp3) is 0.462. The molecule has 2 aromatic carbocycles. The molecule has 6 nitrogen and oxygen atoms in total. The van der Waals surface area contributed by atoms with Gasteiger partial charge in [0.05, 0.1) is 13.7 Å². The zero-order valence-electron chi connectivity index (χ0n) is 19.9. The van der Waals surface area contributed by atoms with Gasteiger partial charge in [-0.3, -0.25) is 4.79 Å². The van der Waals surface area contributed by atoms with E-state index in [1.54, 1.807) is 26.1 Å². The molecule has 1 fully saturated rings. The Balaban J connectivity index is 1.78. The highest BCUT2D eigenvalue weighted by Gasteiger charge is 2.31. The van der Waals surface area contributed by atoms with Crippen LogP contribution in [0.2, 0.25) is 0 Å². The highest BCUT2D eigenvalue weighted by molar-refractivity contribution is 5.95. The molecule has 0 radical (unpaired) electrons. The molecular formula is C26H35N3O3. The van der Waals surface area contributed by atoms with Gasteiger partial charge in [-0.1, -0.05) is 38.1 Å². The van der Waals surface area contributed by atoms with Crippen LogP contribution < -0.4 is 9.64 Å². The first-order valence-corrected chi connectivity index (χ1v) is 11.3. The lowest BCUT2D eigenvalue weighted by molar-refractivity contribution is -0.123. The Morgan fingerprint density at radius 2 is 1.59 bits per heavy atom. The number of hydrogen-bond acceptors (Lipinski definition) is 3. The van der Waals surface area contributed by atoms with E-state index in [1.807, 2.05) is 34.1 Å². The Hall–Kier alpha value is -3.02. The van der Waals surface area contributed by atoms with E-state index in [-0.39, 0.29) is 17.9 Å². The normalized spacial score (nSPS) is 14.4. The molecule has 1 heterocycles. The van der Waals surface area contributed by atoms with Gasteiger partial charge in [-0.2, -0.15) is 0 Å². The number of urea groups is 1. The van der Waals surface area contributed by atoms with Crippen molar-refractivity contribution < 1.29 is 14.3 Å². The summed E-state index contributed by atoms with van der Waals surface area (Å²) in [7, 11) is 5.15. The Labute approximate surface area is 191 Å². The third-order valence-corrected chi connectivity index (χ3v) is 6.13. The minimum Gasteiger partial charge on any atom is -0.497 e. The van der Waals surface area contributed by atoms with Gasteiger partial charge in [-0.05, 0) is 54.2 Å². The van der Waals surface area contributed by atoms with Gasteiger partial charge >= 0.3 is 6.03 Å². The van der Waals surface area contributed by atoms with Crippen molar-refractivity contribution in [2.24, 2.45) is 5.92 Å². The number of ether oxygens (including phenoxy) is 1. The molecule has 6 heteroatoms. The second kappa shape index (κ2) is 10.5. The summed E-state index contributed by atoms with van der Waals surface area (Å²) in [4.78, 5) is 31.2. The first-order valence-electron chi connectivity index (χ1n) is 11.3. The summed E-state index contributed by atoms with van der Waals surface area (Å²) in [5, 5.41) is 0. The number of amides is 3. The minimum atomic E-state index is -0.0988. The topological polar surface area (TPSA) is 53.1 Å². The number of nitrogens with zero attached hydrogens (tertiary/aromatic N) is 3. The van der Waals surface area contributed by atoms with Crippen molar-refractivity contribution >= 4 is 17.6 Å². The largest absolute Gasteiger partial charge is 0.497 e. The number of methoxy groups -OCH3 is 1. The van der Waals surface area contributed by atoms with Crippen molar-refractivity contribution in [2.75, 3.05) is 39.2 Å². The molecule has 3 rings (SSSR count). The molecule has 0 unspecified atom stereocenters. The molecule has 0 saturated carbocycles. The molecule has 0 spiro atoms. The molecule has 0 atom stereocenters. The molecular weight excluding hydrogens is 402 g/mol. The fourth-order valence-corrected chi connectivity index (χ4v) is 4.07. The molecule has 32 heavy (non-hydrogen) atoms. The monoisotopic (exact) mass is 437 g/mol. The number of carbonyl (C=O) groups excluding carboxylic acids is 2. The Morgan fingerprint density at radius 3 is 2.09 bits per heavy atom. The van der Waals surface area contributed by atoms with E-state index in [9.17, 15) is 9.59 Å². The van der Waals surface area contributed by atoms with Gasteiger partial charge in [0.1, 0.15) is 5.75 Å². The zero-order valence-corrected chi connectivity index (χ0v) is 19.9. The Bertz CT molecular complexity index is 899. The number of anilines is 1. The third-order valence-electron chi connectivity index (χ3n) is 6.13. The molecule has 0 aromatic heterocycles. The summed E-state index contributed by atoms with van der Waals surface area (Å²) in [5.74, 6) is 1.25. The van der Waals surface area contributed by atoms with Gasteiger partial charge in [-0.15, -0.1) is 0 Å². The smallest absolute Gasteiger partial charge is 0.319 e. The van der Waals surface area contributed by atoms with Gasteiger partial charge in [0.25, 0.3) is 0 Å². The van der Waals surface area contributed by atoms with Crippen molar-refractivity contribution in [1.82, 2.24) is 9.80 Å². The first kappa shape index (κ1) is 23.6. The summed E-state index contributed by atoms with van der Waals surface area (Å²) in [6, 6.07) is 16.1. The van der Waals surface area contributed by atoms with Crippen molar-refractivity contribution in [3.05, 3.63) is 59.7 Å². The number of hydrogen-bond donors (Lipinski definition) is 0. The van der Waals surface area contributed by atoms with Crippen LogP contribution in [0.1, 0.15) is 43.7 Å².